The summed E-state index contributed by atoms with van der Waals surface area (Å²) in [4.78, 5) is 13.1. The third-order valence-corrected chi connectivity index (χ3v) is 4.38. The van der Waals surface area contributed by atoms with Crippen LogP contribution in [0.4, 0.5) is 0 Å². The van der Waals surface area contributed by atoms with Gasteiger partial charge in [0.1, 0.15) is 0 Å². The Hall–Kier alpha value is -2.87. The minimum Gasteiger partial charge on any atom is -0.303 e. The fraction of sp³-hybridized carbons (Fsp3) is 0.0952. The topological polar surface area (TPSA) is 22.0 Å². The highest BCUT2D eigenvalue weighted by Gasteiger charge is 2.12. The Balaban J connectivity index is 2.12. The van der Waals surface area contributed by atoms with E-state index in [0.29, 0.717) is 6.54 Å². The lowest BCUT2D eigenvalue weighted by Gasteiger charge is -2.15. The van der Waals surface area contributed by atoms with Crippen LogP contribution in [0.1, 0.15) is 11.1 Å². The van der Waals surface area contributed by atoms with Crippen LogP contribution in [0.3, 0.4) is 0 Å². The molecule has 0 N–H and O–H groups in total. The Kier molecular flexibility index (Phi) is 3.23. The van der Waals surface area contributed by atoms with E-state index in [-0.39, 0.29) is 5.56 Å². The van der Waals surface area contributed by atoms with Gasteiger partial charge in [0, 0.05) is 10.8 Å². The molecule has 0 atom stereocenters. The predicted octanol–water partition coefficient (Wildman–Crippen LogP) is 4.51. The summed E-state index contributed by atoms with van der Waals surface area (Å²) < 4.78 is 1.91. The van der Waals surface area contributed by atoms with E-state index in [9.17, 15) is 4.79 Å². The first-order chi connectivity index (χ1) is 11.3. The first-order valence-corrected chi connectivity index (χ1v) is 7.80. The molecule has 0 aliphatic rings. The maximum atomic E-state index is 13.1. The molecular formula is C21H17NO. The number of benzene rings is 3. The van der Waals surface area contributed by atoms with Gasteiger partial charge in [-0.2, -0.15) is 0 Å². The van der Waals surface area contributed by atoms with Crippen LogP contribution in [0.5, 0.6) is 0 Å². The van der Waals surface area contributed by atoms with Crippen LogP contribution in [-0.2, 0) is 6.54 Å². The second-order valence-electron chi connectivity index (χ2n) is 5.89. The smallest absolute Gasteiger partial charge is 0.259 e. The average Bonchev–Trinajstić information content (AvgIpc) is 2.60. The van der Waals surface area contributed by atoms with E-state index in [1.54, 1.807) is 0 Å². The van der Waals surface area contributed by atoms with Crippen LogP contribution >= 0.6 is 0 Å². The number of pyridine rings is 1. The number of hydrogen-bond acceptors (Lipinski definition) is 1. The van der Waals surface area contributed by atoms with Crippen LogP contribution in [0.15, 0.2) is 77.6 Å². The first-order valence-electron chi connectivity index (χ1n) is 7.80. The normalized spacial score (nSPS) is 11.2. The lowest BCUT2D eigenvalue weighted by Crippen LogP contribution is -2.22. The number of para-hydroxylation sites is 1. The summed E-state index contributed by atoms with van der Waals surface area (Å²) in [6.45, 7) is 2.66. The minimum atomic E-state index is 0.0752. The van der Waals surface area contributed by atoms with E-state index >= 15 is 0 Å². The highest BCUT2D eigenvalue weighted by molar-refractivity contribution is 6.06. The molecule has 4 rings (SSSR count). The van der Waals surface area contributed by atoms with E-state index in [4.69, 9.17) is 0 Å². The van der Waals surface area contributed by atoms with Crippen molar-refractivity contribution >= 4 is 21.7 Å². The van der Waals surface area contributed by atoms with Gasteiger partial charge in [-0.1, -0.05) is 66.7 Å². The fourth-order valence-corrected chi connectivity index (χ4v) is 3.30. The fourth-order valence-electron chi connectivity index (χ4n) is 3.30. The molecule has 0 aliphatic carbocycles. The molecule has 0 radical (unpaired) electrons. The van der Waals surface area contributed by atoms with E-state index in [2.05, 4.69) is 37.3 Å². The third-order valence-electron chi connectivity index (χ3n) is 4.38. The zero-order valence-corrected chi connectivity index (χ0v) is 13.0. The van der Waals surface area contributed by atoms with Gasteiger partial charge in [0.2, 0.25) is 0 Å². The quantitative estimate of drug-likeness (QED) is 0.499. The van der Waals surface area contributed by atoms with E-state index in [0.717, 1.165) is 32.8 Å². The van der Waals surface area contributed by atoms with Gasteiger partial charge in [0.25, 0.3) is 5.56 Å². The number of aryl methyl sites for hydroxylation is 1. The molecule has 112 valence electrons. The average molecular weight is 299 g/mol. The van der Waals surface area contributed by atoms with Crippen LogP contribution in [0.2, 0.25) is 0 Å². The summed E-state index contributed by atoms with van der Waals surface area (Å²) in [5.41, 5.74) is 3.36. The van der Waals surface area contributed by atoms with Crippen molar-refractivity contribution in [1.82, 2.24) is 4.57 Å². The van der Waals surface area contributed by atoms with Gasteiger partial charge in [0.05, 0.1) is 12.1 Å². The molecule has 0 fully saturated rings. The monoisotopic (exact) mass is 299 g/mol. The molecule has 2 heteroatoms. The van der Waals surface area contributed by atoms with Gasteiger partial charge < -0.3 is 4.57 Å². The van der Waals surface area contributed by atoms with Crippen molar-refractivity contribution < 1.29 is 0 Å². The van der Waals surface area contributed by atoms with E-state index in [1.165, 1.54) is 0 Å². The molecule has 0 spiro atoms. The lowest BCUT2D eigenvalue weighted by molar-refractivity contribution is 0.800. The molecule has 1 heterocycles. The maximum absolute atomic E-state index is 13.1. The number of rotatable bonds is 2. The first kappa shape index (κ1) is 13.8. The highest BCUT2D eigenvalue weighted by Crippen LogP contribution is 2.25. The SMILES string of the molecule is Cc1cccc2c3ccccc3c(=O)n(Cc3ccccc3)c12. The largest absolute Gasteiger partial charge is 0.303 e. The van der Waals surface area contributed by atoms with E-state index in [1.807, 2.05) is 47.0 Å². The van der Waals surface area contributed by atoms with Crippen molar-refractivity contribution in [1.29, 1.82) is 0 Å². The molecule has 0 amide bonds. The van der Waals surface area contributed by atoms with Crippen LogP contribution < -0.4 is 5.56 Å². The lowest BCUT2D eigenvalue weighted by atomic mass is 10.0. The molecular weight excluding hydrogens is 282 g/mol. The van der Waals surface area contributed by atoms with Crippen molar-refractivity contribution in [2.45, 2.75) is 13.5 Å². The standard InChI is InChI=1S/C21H17NO/c1-15-8-7-13-18-17-11-5-6-12-19(17)21(23)22(20(15)18)14-16-9-3-2-4-10-16/h2-13H,14H2,1H3. The molecule has 0 bridgehead atoms. The molecule has 1 aromatic heterocycles. The second kappa shape index (κ2) is 5.40. The number of nitrogens with zero attached hydrogens (tertiary/aromatic N) is 1. The van der Waals surface area contributed by atoms with Gasteiger partial charge in [-0.15, -0.1) is 0 Å². The van der Waals surface area contributed by atoms with Crippen molar-refractivity contribution in [3.05, 3.63) is 94.3 Å². The van der Waals surface area contributed by atoms with Crippen molar-refractivity contribution in [3.63, 3.8) is 0 Å². The molecule has 2 nitrogen and oxygen atoms in total. The molecule has 23 heavy (non-hydrogen) atoms. The summed E-state index contributed by atoms with van der Waals surface area (Å²) in [5, 5.41) is 2.94. The third kappa shape index (κ3) is 2.23. The van der Waals surface area contributed by atoms with Crippen LogP contribution in [0.25, 0.3) is 21.7 Å². The molecule has 4 aromatic rings. The molecule has 0 saturated heterocycles. The molecule has 3 aromatic carbocycles. The highest BCUT2D eigenvalue weighted by atomic mass is 16.1. The molecule has 0 aliphatic heterocycles. The zero-order valence-electron chi connectivity index (χ0n) is 13.0. The Labute approximate surface area is 134 Å². The summed E-state index contributed by atoms with van der Waals surface area (Å²) in [6, 6.07) is 24.2. The number of fused-ring (bicyclic) bond motifs is 3. The Morgan fingerprint density at radius 1 is 0.739 bits per heavy atom. The zero-order chi connectivity index (χ0) is 15.8. The maximum Gasteiger partial charge on any atom is 0.259 e. The summed E-state index contributed by atoms with van der Waals surface area (Å²) in [6.07, 6.45) is 0. The van der Waals surface area contributed by atoms with Gasteiger partial charge in [-0.3, -0.25) is 4.79 Å². The Bertz CT molecular complexity index is 1060. The van der Waals surface area contributed by atoms with Crippen LogP contribution in [0, 0.1) is 6.92 Å². The summed E-state index contributed by atoms with van der Waals surface area (Å²) >= 11 is 0. The minimum absolute atomic E-state index is 0.0752. The van der Waals surface area contributed by atoms with Gasteiger partial charge in [-0.25, -0.2) is 0 Å². The Morgan fingerprint density at radius 2 is 1.39 bits per heavy atom. The molecule has 0 unspecified atom stereocenters. The summed E-state index contributed by atoms with van der Waals surface area (Å²) in [5.74, 6) is 0. The Morgan fingerprint density at radius 3 is 2.17 bits per heavy atom. The second-order valence-corrected chi connectivity index (χ2v) is 5.89. The van der Waals surface area contributed by atoms with Gasteiger partial charge in [0.15, 0.2) is 0 Å². The summed E-state index contributed by atoms with van der Waals surface area (Å²) in [7, 11) is 0. The van der Waals surface area contributed by atoms with Crippen molar-refractivity contribution in [2.24, 2.45) is 0 Å². The molecule has 0 saturated carbocycles. The van der Waals surface area contributed by atoms with E-state index < -0.39 is 0 Å². The van der Waals surface area contributed by atoms with Gasteiger partial charge in [-0.05, 0) is 29.5 Å². The number of hydrogen-bond donors (Lipinski definition) is 0. The van der Waals surface area contributed by atoms with Crippen molar-refractivity contribution in [3.8, 4) is 0 Å². The van der Waals surface area contributed by atoms with Crippen LogP contribution in [-0.4, -0.2) is 4.57 Å². The predicted molar refractivity (Wildman–Crippen MR) is 96.0 cm³/mol. The van der Waals surface area contributed by atoms with Crippen molar-refractivity contribution in [2.75, 3.05) is 0 Å². The number of aromatic nitrogens is 1. The van der Waals surface area contributed by atoms with Gasteiger partial charge >= 0.3 is 0 Å².